The predicted molar refractivity (Wildman–Crippen MR) is 136 cm³/mol. The Morgan fingerprint density at radius 3 is 2.53 bits per heavy atom. The van der Waals surface area contributed by atoms with E-state index in [4.69, 9.17) is 9.47 Å². The van der Waals surface area contributed by atoms with Crippen molar-refractivity contribution in [1.82, 2.24) is 15.2 Å². The van der Waals surface area contributed by atoms with Gasteiger partial charge in [-0.3, -0.25) is 9.78 Å². The molecule has 0 fully saturated rings. The third kappa shape index (κ3) is 5.85. The highest BCUT2D eigenvalue weighted by molar-refractivity contribution is 8.16. The molecule has 8 nitrogen and oxygen atoms in total. The number of carbonyl (C=O) groups is 2. The Balaban J connectivity index is 1.75. The van der Waals surface area contributed by atoms with E-state index in [1.54, 1.807) is 68.0 Å². The third-order valence-electron chi connectivity index (χ3n) is 5.66. The number of benzene rings is 1. The number of esters is 1. The Labute approximate surface area is 221 Å². The smallest absolute Gasteiger partial charge is 0.434 e. The summed E-state index contributed by atoms with van der Waals surface area (Å²) in [5.41, 5.74) is -0.496. The van der Waals surface area contributed by atoms with Crippen molar-refractivity contribution in [1.29, 1.82) is 0 Å². The Bertz CT molecular complexity index is 1310. The second-order valence-electron chi connectivity index (χ2n) is 8.66. The lowest BCUT2D eigenvalue weighted by Gasteiger charge is -2.37. The molecule has 1 atom stereocenters. The molecule has 0 spiro atoms. The van der Waals surface area contributed by atoms with E-state index in [2.05, 4.69) is 15.3 Å². The number of thioether (sulfide) groups is 1. The van der Waals surface area contributed by atoms with Crippen molar-refractivity contribution in [2.24, 2.45) is 4.99 Å². The van der Waals surface area contributed by atoms with Crippen LogP contribution in [0.25, 0.3) is 0 Å². The summed E-state index contributed by atoms with van der Waals surface area (Å²) >= 11 is 0.949. The Kier molecular flexibility index (Phi) is 8.10. The van der Waals surface area contributed by atoms with Crippen LogP contribution in [0.2, 0.25) is 0 Å². The Morgan fingerprint density at radius 1 is 1.16 bits per heavy atom. The molecule has 4 rings (SSSR count). The van der Waals surface area contributed by atoms with Gasteiger partial charge < -0.3 is 19.7 Å². The minimum absolute atomic E-state index is 0.00809. The average Bonchev–Trinajstić information content (AvgIpc) is 3.28. The molecule has 38 heavy (non-hydrogen) atoms. The fourth-order valence-corrected chi connectivity index (χ4v) is 4.99. The molecule has 1 amide bonds. The monoisotopic (exact) mass is 546 g/mol. The van der Waals surface area contributed by atoms with E-state index < -0.39 is 35.6 Å². The van der Waals surface area contributed by atoms with E-state index in [1.807, 2.05) is 0 Å². The standard InChI is InChI=1S/C26H25F3N4O4S/c1-15(2)37-24(35)21-22(18-6-4-5-7-19(18)36-3)33-17(14-38-25(33)32-23(21)26(27,28)29)12-20(34)31-13-16-8-10-30-11-9-16/h4-11,14-15,22H,12-13H2,1-3H3,(H,31,34)/t22-/m0/s1. The predicted octanol–water partition coefficient (Wildman–Crippen LogP) is 4.87. The molecule has 1 aromatic heterocycles. The van der Waals surface area contributed by atoms with Crippen molar-refractivity contribution >= 4 is 28.8 Å². The summed E-state index contributed by atoms with van der Waals surface area (Å²) in [4.78, 5) is 35.3. The maximum Gasteiger partial charge on any atom is 0.434 e. The second-order valence-corrected chi connectivity index (χ2v) is 9.50. The van der Waals surface area contributed by atoms with Crippen LogP contribution in [-0.4, -0.2) is 46.3 Å². The molecule has 12 heteroatoms. The van der Waals surface area contributed by atoms with Crippen molar-refractivity contribution in [3.05, 3.63) is 82.3 Å². The summed E-state index contributed by atoms with van der Waals surface area (Å²) in [6.45, 7) is 3.35. The van der Waals surface area contributed by atoms with Crippen LogP contribution in [0, 0.1) is 0 Å². The topological polar surface area (TPSA) is 93.1 Å². The molecule has 0 saturated heterocycles. The van der Waals surface area contributed by atoms with Gasteiger partial charge in [0.15, 0.2) is 10.9 Å². The van der Waals surface area contributed by atoms with E-state index in [0.29, 0.717) is 11.3 Å². The van der Waals surface area contributed by atoms with E-state index in [-0.39, 0.29) is 29.8 Å². The van der Waals surface area contributed by atoms with Gasteiger partial charge in [0.05, 0.1) is 31.2 Å². The molecular formula is C26H25F3N4O4S. The number of allylic oxidation sites excluding steroid dienone is 1. The van der Waals surface area contributed by atoms with Gasteiger partial charge in [0.1, 0.15) is 5.75 Å². The zero-order valence-corrected chi connectivity index (χ0v) is 21.6. The molecule has 2 aliphatic heterocycles. The number of methoxy groups -OCH3 is 1. The number of nitrogens with one attached hydrogen (secondary N) is 1. The highest BCUT2D eigenvalue weighted by Gasteiger charge is 2.50. The highest BCUT2D eigenvalue weighted by atomic mass is 32.2. The first-order valence-corrected chi connectivity index (χ1v) is 12.5. The molecule has 0 saturated carbocycles. The van der Waals surface area contributed by atoms with Crippen LogP contribution >= 0.6 is 11.8 Å². The van der Waals surface area contributed by atoms with Crippen molar-refractivity contribution in [2.45, 2.75) is 45.1 Å². The summed E-state index contributed by atoms with van der Waals surface area (Å²) < 4.78 is 53.5. The molecule has 0 aliphatic carbocycles. The number of aromatic nitrogens is 1. The number of aliphatic imine (C=N–C) groups is 1. The Morgan fingerprint density at radius 2 is 1.87 bits per heavy atom. The summed E-state index contributed by atoms with van der Waals surface area (Å²) in [5.74, 6) is -1.23. The third-order valence-corrected chi connectivity index (χ3v) is 6.54. The van der Waals surface area contributed by atoms with Gasteiger partial charge >= 0.3 is 12.1 Å². The summed E-state index contributed by atoms with van der Waals surface area (Å²) in [7, 11) is 1.39. The first kappa shape index (κ1) is 27.2. The molecule has 1 N–H and O–H groups in total. The maximum absolute atomic E-state index is 14.3. The summed E-state index contributed by atoms with van der Waals surface area (Å²) in [5, 5.41) is 4.36. The first-order valence-electron chi connectivity index (χ1n) is 11.6. The summed E-state index contributed by atoms with van der Waals surface area (Å²) in [6, 6.07) is 8.69. The van der Waals surface area contributed by atoms with Crippen LogP contribution in [0.1, 0.15) is 37.4 Å². The molecule has 0 unspecified atom stereocenters. The largest absolute Gasteiger partial charge is 0.496 e. The van der Waals surface area contributed by atoms with Crippen LogP contribution in [0.3, 0.4) is 0 Å². The van der Waals surface area contributed by atoms with Crippen molar-refractivity contribution in [2.75, 3.05) is 7.11 Å². The number of amidine groups is 1. The average molecular weight is 547 g/mol. The number of fused-ring (bicyclic) bond motifs is 1. The van der Waals surface area contributed by atoms with Gasteiger partial charge in [-0.25, -0.2) is 9.79 Å². The van der Waals surface area contributed by atoms with E-state index in [0.717, 1.165) is 17.3 Å². The van der Waals surface area contributed by atoms with Gasteiger partial charge in [-0.1, -0.05) is 30.0 Å². The van der Waals surface area contributed by atoms with E-state index >= 15 is 0 Å². The minimum atomic E-state index is -4.93. The highest BCUT2D eigenvalue weighted by Crippen LogP contribution is 2.49. The van der Waals surface area contributed by atoms with E-state index in [9.17, 15) is 22.8 Å². The fraction of sp³-hybridized carbons (Fsp3) is 0.308. The van der Waals surface area contributed by atoms with Gasteiger partial charge in [0.25, 0.3) is 0 Å². The minimum Gasteiger partial charge on any atom is -0.496 e. The molecule has 0 bridgehead atoms. The van der Waals surface area contributed by atoms with Crippen LogP contribution < -0.4 is 10.1 Å². The molecule has 0 radical (unpaired) electrons. The number of ether oxygens (including phenoxy) is 2. The van der Waals surface area contributed by atoms with Gasteiger partial charge in [0, 0.05) is 30.2 Å². The molecule has 2 aliphatic rings. The van der Waals surface area contributed by atoms with Crippen molar-refractivity contribution in [3.63, 3.8) is 0 Å². The van der Waals surface area contributed by atoms with Crippen LogP contribution in [-0.2, 0) is 20.9 Å². The number of hydrogen-bond acceptors (Lipinski definition) is 8. The second kappa shape index (κ2) is 11.3. The fourth-order valence-electron chi connectivity index (χ4n) is 4.07. The van der Waals surface area contributed by atoms with Crippen LogP contribution in [0.15, 0.2) is 76.2 Å². The van der Waals surface area contributed by atoms with Crippen molar-refractivity contribution < 1.29 is 32.2 Å². The molecule has 1 aromatic carbocycles. The lowest BCUT2D eigenvalue weighted by atomic mass is 9.92. The SMILES string of the molecule is COc1ccccc1[C@H]1C(C(=O)OC(C)C)=C(C(F)(F)F)N=C2SC=C(CC(=O)NCc3ccncc3)N21. The molecular weight excluding hydrogens is 521 g/mol. The number of alkyl halides is 3. The molecule has 3 heterocycles. The number of halogens is 3. The number of amides is 1. The number of rotatable bonds is 8. The lowest BCUT2D eigenvalue weighted by molar-refractivity contribution is -0.145. The van der Waals surface area contributed by atoms with Gasteiger partial charge in [-0.05, 0) is 43.0 Å². The molecule has 200 valence electrons. The summed E-state index contributed by atoms with van der Waals surface area (Å²) in [6.07, 6.45) is -2.55. The number of pyridine rings is 1. The molecule has 2 aromatic rings. The van der Waals surface area contributed by atoms with E-state index in [1.165, 1.54) is 12.0 Å². The maximum atomic E-state index is 14.3. The van der Waals surface area contributed by atoms with Gasteiger partial charge in [-0.15, -0.1) is 0 Å². The number of hydrogen-bond donors (Lipinski definition) is 1. The number of carbonyl (C=O) groups excluding carboxylic acids is 2. The quantitative estimate of drug-likeness (QED) is 0.473. The van der Waals surface area contributed by atoms with Gasteiger partial charge in [0.2, 0.25) is 5.91 Å². The first-order chi connectivity index (χ1) is 18.1. The zero-order valence-electron chi connectivity index (χ0n) is 20.8. The van der Waals surface area contributed by atoms with Crippen LogP contribution in [0.4, 0.5) is 13.2 Å². The lowest BCUT2D eigenvalue weighted by Crippen LogP contribution is -2.40. The normalized spacial score (nSPS) is 17.1. The van der Waals surface area contributed by atoms with Gasteiger partial charge in [-0.2, -0.15) is 13.2 Å². The Hall–Kier alpha value is -3.80. The van der Waals surface area contributed by atoms with Crippen molar-refractivity contribution in [3.8, 4) is 5.75 Å². The van der Waals surface area contributed by atoms with Crippen LogP contribution in [0.5, 0.6) is 5.75 Å². The zero-order chi connectivity index (χ0) is 27.4. The number of nitrogens with zero attached hydrogens (tertiary/aromatic N) is 3. The number of para-hydroxylation sites is 1.